The quantitative estimate of drug-likeness (QED) is 0.574. The number of benzene rings is 2. The zero-order chi connectivity index (χ0) is 20.0. The Labute approximate surface area is 159 Å². The van der Waals surface area contributed by atoms with Crippen LogP contribution in [0.1, 0.15) is 23.6 Å². The molecule has 0 aromatic heterocycles. The topological polar surface area (TPSA) is 75.7 Å². The first-order chi connectivity index (χ1) is 12.9. The normalized spacial score (nSPS) is 11.4. The second-order valence-corrected chi connectivity index (χ2v) is 6.28. The zero-order valence-electron chi connectivity index (χ0n) is 16.0. The molecule has 0 aliphatic rings. The molecular formula is C21H24N2O4. The van der Waals surface area contributed by atoms with E-state index in [-0.39, 0.29) is 6.54 Å². The number of nitrogens with zero attached hydrogens (tertiary/aromatic N) is 1. The molecule has 0 saturated heterocycles. The van der Waals surface area contributed by atoms with Gasteiger partial charge >= 0.3 is 0 Å². The molecule has 0 heterocycles. The summed E-state index contributed by atoms with van der Waals surface area (Å²) < 4.78 is 5.24. The molecule has 0 spiro atoms. The monoisotopic (exact) mass is 368 g/mol. The number of ether oxygens (including phenoxy) is 1. The molecule has 0 bridgehead atoms. The van der Waals surface area contributed by atoms with Gasteiger partial charge in [0.1, 0.15) is 11.8 Å². The van der Waals surface area contributed by atoms with E-state index in [0.717, 1.165) is 16.7 Å². The van der Waals surface area contributed by atoms with Crippen molar-refractivity contribution in [3.05, 3.63) is 59.2 Å². The van der Waals surface area contributed by atoms with Crippen LogP contribution in [0.5, 0.6) is 5.75 Å². The van der Waals surface area contributed by atoms with Crippen molar-refractivity contribution >= 4 is 23.8 Å². The second kappa shape index (κ2) is 8.98. The van der Waals surface area contributed by atoms with Gasteiger partial charge in [0.05, 0.1) is 12.8 Å². The van der Waals surface area contributed by atoms with Crippen LogP contribution in [-0.2, 0) is 20.9 Å². The van der Waals surface area contributed by atoms with E-state index in [1.165, 1.54) is 18.9 Å². The number of hydrogen-bond donors (Lipinski definition) is 1. The average Bonchev–Trinajstić information content (AvgIpc) is 2.67. The number of nitrogens with one attached hydrogen (secondary N) is 1. The molecule has 27 heavy (non-hydrogen) atoms. The molecule has 2 rings (SSSR count). The fraction of sp³-hybridized carbons (Fsp3) is 0.286. The first-order valence-electron chi connectivity index (χ1n) is 8.64. The summed E-state index contributed by atoms with van der Waals surface area (Å²) in [7, 11) is 1.48. The highest BCUT2D eigenvalue weighted by Crippen LogP contribution is 2.28. The first kappa shape index (κ1) is 20.2. The Morgan fingerprint density at radius 3 is 2.33 bits per heavy atom. The number of hydrogen-bond acceptors (Lipinski definition) is 4. The van der Waals surface area contributed by atoms with Crippen molar-refractivity contribution in [1.82, 2.24) is 5.32 Å². The van der Waals surface area contributed by atoms with Crippen LogP contribution in [0.2, 0.25) is 0 Å². The number of anilines is 1. The lowest BCUT2D eigenvalue weighted by atomic mass is 10.0. The van der Waals surface area contributed by atoms with Gasteiger partial charge in [-0.05, 0) is 49.6 Å². The molecule has 0 radical (unpaired) electrons. The minimum Gasteiger partial charge on any atom is -0.495 e. The SMILES string of the molecule is COc1ccccc1N(C=O)C(C)C(=O)C(=O)NCc1c(C)cccc1C. The van der Waals surface area contributed by atoms with Crippen LogP contribution >= 0.6 is 0 Å². The van der Waals surface area contributed by atoms with Crippen LogP contribution in [0.3, 0.4) is 0 Å². The summed E-state index contributed by atoms with van der Waals surface area (Å²) in [5.41, 5.74) is 3.49. The Bertz CT molecular complexity index is 828. The summed E-state index contributed by atoms with van der Waals surface area (Å²) in [6.07, 6.45) is 0.527. The molecule has 0 aliphatic heterocycles. The molecule has 1 atom stereocenters. The number of methoxy groups -OCH3 is 1. The van der Waals surface area contributed by atoms with Crippen LogP contribution in [0.15, 0.2) is 42.5 Å². The predicted molar refractivity (Wildman–Crippen MR) is 104 cm³/mol. The lowest BCUT2D eigenvalue weighted by molar-refractivity contribution is -0.138. The molecule has 1 N–H and O–H groups in total. The van der Waals surface area contributed by atoms with E-state index in [4.69, 9.17) is 4.74 Å². The van der Waals surface area contributed by atoms with Gasteiger partial charge in [-0.25, -0.2) is 0 Å². The minimum absolute atomic E-state index is 0.256. The van der Waals surface area contributed by atoms with Crippen molar-refractivity contribution in [3.8, 4) is 5.75 Å². The Morgan fingerprint density at radius 2 is 1.74 bits per heavy atom. The summed E-state index contributed by atoms with van der Waals surface area (Å²) >= 11 is 0. The van der Waals surface area contributed by atoms with Crippen LogP contribution < -0.4 is 15.0 Å². The summed E-state index contributed by atoms with van der Waals surface area (Å²) in [6, 6.07) is 11.7. The molecule has 2 aromatic carbocycles. The Hall–Kier alpha value is -3.15. The van der Waals surface area contributed by atoms with E-state index in [2.05, 4.69) is 5.32 Å². The third kappa shape index (κ3) is 4.53. The summed E-state index contributed by atoms with van der Waals surface area (Å²) in [6.45, 7) is 5.68. The maximum Gasteiger partial charge on any atom is 0.289 e. The van der Waals surface area contributed by atoms with Crippen molar-refractivity contribution < 1.29 is 19.1 Å². The zero-order valence-corrected chi connectivity index (χ0v) is 16.0. The molecule has 6 nitrogen and oxygen atoms in total. The van der Waals surface area contributed by atoms with Gasteiger partial charge in [0.2, 0.25) is 12.2 Å². The highest BCUT2D eigenvalue weighted by atomic mass is 16.5. The van der Waals surface area contributed by atoms with Crippen LogP contribution in [0.4, 0.5) is 5.69 Å². The fourth-order valence-corrected chi connectivity index (χ4v) is 2.90. The molecule has 2 aromatic rings. The largest absolute Gasteiger partial charge is 0.495 e. The van der Waals surface area contributed by atoms with Gasteiger partial charge in [0.15, 0.2) is 0 Å². The van der Waals surface area contributed by atoms with Gasteiger partial charge in [-0.1, -0.05) is 30.3 Å². The van der Waals surface area contributed by atoms with E-state index >= 15 is 0 Å². The van der Waals surface area contributed by atoms with Gasteiger partial charge in [0, 0.05) is 6.54 Å². The summed E-state index contributed by atoms with van der Waals surface area (Å²) in [4.78, 5) is 37.7. The number of carbonyl (C=O) groups is 3. The van der Waals surface area contributed by atoms with Gasteiger partial charge in [-0.15, -0.1) is 0 Å². The van der Waals surface area contributed by atoms with Gasteiger partial charge in [-0.2, -0.15) is 0 Å². The third-order valence-corrected chi connectivity index (χ3v) is 4.57. The number of carbonyl (C=O) groups excluding carboxylic acids is 3. The van der Waals surface area contributed by atoms with Crippen molar-refractivity contribution in [2.75, 3.05) is 12.0 Å². The maximum atomic E-state index is 12.6. The first-order valence-corrected chi connectivity index (χ1v) is 8.64. The van der Waals surface area contributed by atoms with E-state index < -0.39 is 17.7 Å². The van der Waals surface area contributed by atoms with E-state index in [1.807, 2.05) is 32.0 Å². The lowest BCUT2D eigenvalue weighted by Gasteiger charge is -2.25. The number of rotatable bonds is 8. The van der Waals surface area contributed by atoms with Gasteiger partial charge < -0.3 is 15.0 Å². The molecule has 2 amide bonds. The summed E-state index contributed by atoms with van der Waals surface area (Å²) in [5.74, 6) is -0.980. The van der Waals surface area contributed by atoms with Crippen LogP contribution in [0, 0.1) is 13.8 Å². The lowest BCUT2D eigenvalue weighted by Crippen LogP contribution is -2.45. The molecular weight excluding hydrogens is 344 g/mol. The average molecular weight is 368 g/mol. The number of para-hydroxylation sites is 2. The predicted octanol–water partition coefficient (Wildman–Crippen LogP) is 2.55. The Balaban J connectivity index is 2.13. The van der Waals surface area contributed by atoms with Gasteiger partial charge in [-0.3, -0.25) is 14.4 Å². The van der Waals surface area contributed by atoms with Crippen LogP contribution in [0.25, 0.3) is 0 Å². The number of amides is 2. The molecule has 0 fully saturated rings. The smallest absolute Gasteiger partial charge is 0.289 e. The van der Waals surface area contributed by atoms with Crippen molar-refractivity contribution in [3.63, 3.8) is 0 Å². The molecule has 6 heteroatoms. The fourth-order valence-electron chi connectivity index (χ4n) is 2.90. The highest BCUT2D eigenvalue weighted by molar-refractivity contribution is 6.39. The number of Topliss-reactive ketones (excluding diaryl/α,β-unsaturated/α-hetero) is 1. The highest BCUT2D eigenvalue weighted by Gasteiger charge is 2.28. The Morgan fingerprint density at radius 1 is 1.11 bits per heavy atom. The standard InChI is InChI=1S/C21H24N2O4/c1-14-8-7-9-15(2)17(14)12-22-21(26)20(25)16(3)23(13-24)18-10-5-6-11-19(18)27-4/h5-11,13,16H,12H2,1-4H3,(H,22,26). The minimum atomic E-state index is -0.961. The molecule has 0 saturated carbocycles. The van der Waals surface area contributed by atoms with Crippen LogP contribution in [-0.4, -0.2) is 31.3 Å². The van der Waals surface area contributed by atoms with Crippen molar-refractivity contribution in [2.24, 2.45) is 0 Å². The van der Waals surface area contributed by atoms with E-state index in [1.54, 1.807) is 24.3 Å². The third-order valence-electron chi connectivity index (χ3n) is 4.57. The van der Waals surface area contributed by atoms with Crippen molar-refractivity contribution in [2.45, 2.75) is 33.4 Å². The second-order valence-electron chi connectivity index (χ2n) is 6.28. The molecule has 142 valence electrons. The maximum absolute atomic E-state index is 12.6. The molecule has 1 unspecified atom stereocenters. The Kier molecular flexibility index (Phi) is 6.71. The van der Waals surface area contributed by atoms with Gasteiger partial charge in [0.25, 0.3) is 5.91 Å². The number of aryl methyl sites for hydroxylation is 2. The van der Waals surface area contributed by atoms with Crippen molar-refractivity contribution in [1.29, 1.82) is 0 Å². The summed E-state index contributed by atoms with van der Waals surface area (Å²) in [5, 5.41) is 2.66. The van der Waals surface area contributed by atoms with E-state index in [9.17, 15) is 14.4 Å². The van der Waals surface area contributed by atoms with E-state index in [0.29, 0.717) is 17.8 Å². The number of ketones is 1. The molecule has 0 aliphatic carbocycles.